The molecule has 0 aromatic carbocycles. The highest BCUT2D eigenvalue weighted by molar-refractivity contribution is 6.71. The SMILES string of the molecule is CC(C[C@H](O[Si](C)(C)C)C(=O)O[Si](C)(C)C)O[Si](C)(C)C. The molecule has 0 aliphatic heterocycles. The van der Waals surface area contributed by atoms with Gasteiger partial charge in [-0.3, -0.25) is 4.79 Å². The van der Waals surface area contributed by atoms with Crippen LogP contribution in [0.4, 0.5) is 0 Å². The van der Waals surface area contributed by atoms with Crippen LogP contribution in [0.25, 0.3) is 0 Å². The number of hydrogen-bond donors (Lipinski definition) is 0. The van der Waals surface area contributed by atoms with E-state index in [1.165, 1.54) is 0 Å². The minimum Gasteiger partial charge on any atom is -0.518 e. The Morgan fingerprint density at radius 1 is 0.810 bits per heavy atom. The summed E-state index contributed by atoms with van der Waals surface area (Å²) >= 11 is 0. The van der Waals surface area contributed by atoms with Gasteiger partial charge in [0.2, 0.25) is 8.32 Å². The van der Waals surface area contributed by atoms with Gasteiger partial charge in [-0.15, -0.1) is 0 Å². The Morgan fingerprint density at radius 2 is 1.24 bits per heavy atom. The number of rotatable bonds is 8. The molecule has 0 aromatic heterocycles. The normalized spacial score (nSPS) is 16.5. The van der Waals surface area contributed by atoms with Gasteiger partial charge in [0, 0.05) is 12.5 Å². The quantitative estimate of drug-likeness (QED) is 0.615. The van der Waals surface area contributed by atoms with Crippen LogP contribution in [0.1, 0.15) is 13.3 Å². The number of carbonyl (C=O) groups is 1. The predicted octanol–water partition coefficient (Wildman–Crippen LogP) is 4.21. The van der Waals surface area contributed by atoms with Crippen molar-refractivity contribution in [3.8, 4) is 0 Å². The van der Waals surface area contributed by atoms with Crippen LogP contribution in [0.2, 0.25) is 58.9 Å². The summed E-state index contributed by atoms with van der Waals surface area (Å²) in [6.45, 7) is 20.8. The first kappa shape index (κ1) is 21.0. The molecule has 0 saturated heterocycles. The van der Waals surface area contributed by atoms with Crippen LogP contribution >= 0.6 is 0 Å². The van der Waals surface area contributed by atoms with Crippen LogP contribution in [0.5, 0.6) is 0 Å². The van der Waals surface area contributed by atoms with E-state index in [-0.39, 0.29) is 12.1 Å². The molecule has 0 bridgehead atoms. The third-order valence-electron chi connectivity index (χ3n) is 2.27. The molecule has 0 heterocycles. The third kappa shape index (κ3) is 12.3. The summed E-state index contributed by atoms with van der Waals surface area (Å²) in [6.07, 6.45) is 0.0691. The lowest BCUT2D eigenvalue weighted by atomic mass is 10.2. The Balaban J connectivity index is 4.86. The van der Waals surface area contributed by atoms with Crippen LogP contribution in [-0.2, 0) is 18.1 Å². The molecular formula is C14H34O4Si3. The topological polar surface area (TPSA) is 44.8 Å². The number of carbonyl (C=O) groups excluding carboxylic acids is 1. The maximum Gasteiger partial charge on any atom is 0.320 e. The molecule has 4 nitrogen and oxygen atoms in total. The van der Waals surface area contributed by atoms with Crippen LogP contribution in [-0.4, -0.2) is 43.1 Å². The molecule has 0 saturated carbocycles. The minimum atomic E-state index is -1.90. The van der Waals surface area contributed by atoms with E-state index in [9.17, 15) is 4.79 Å². The fourth-order valence-electron chi connectivity index (χ4n) is 1.94. The maximum absolute atomic E-state index is 12.4. The monoisotopic (exact) mass is 350 g/mol. The molecule has 21 heavy (non-hydrogen) atoms. The van der Waals surface area contributed by atoms with Crippen LogP contribution in [0.15, 0.2) is 0 Å². The first-order chi connectivity index (χ1) is 9.09. The Bertz CT molecular complexity index is 340. The molecule has 2 atom stereocenters. The van der Waals surface area contributed by atoms with Crippen molar-refractivity contribution in [1.29, 1.82) is 0 Å². The molecule has 126 valence electrons. The van der Waals surface area contributed by atoms with Gasteiger partial charge in [-0.25, -0.2) is 0 Å². The third-order valence-corrected chi connectivity index (χ3v) is 5.18. The lowest BCUT2D eigenvalue weighted by molar-refractivity contribution is -0.144. The van der Waals surface area contributed by atoms with E-state index in [0.717, 1.165) is 0 Å². The summed E-state index contributed by atoms with van der Waals surface area (Å²) in [5, 5.41) is 0. The Kier molecular flexibility index (Phi) is 7.56. The van der Waals surface area contributed by atoms with E-state index in [2.05, 4.69) is 39.3 Å². The fourth-order valence-corrected chi connectivity index (χ4v) is 5.02. The van der Waals surface area contributed by atoms with Crippen molar-refractivity contribution in [2.75, 3.05) is 0 Å². The van der Waals surface area contributed by atoms with Crippen molar-refractivity contribution in [1.82, 2.24) is 0 Å². The molecule has 0 radical (unpaired) electrons. The molecule has 0 aliphatic carbocycles. The van der Waals surface area contributed by atoms with E-state index in [0.29, 0.717) is 6.42 Å². The van der Waals surface area contributed by atoms with Gasteiger partial charge in [-0.1, -0.05) is 0 Å². The first-order valence-electron chi connectivity index (χ1n) is 7.67. The molecule has 7 heteroatoms. The average molecular weight is 351 g/mol. The van der Waals surface area contributed by atoms with Crippen molar-refractivity contribution in [2.45, 2.75) is 84.5 Å². The zero-order chi connectivity index (χ0) is 17.1. The highest BCUT2D eigenvalue weighted by atomic mass is 28.4. The van der Waals surface area contributed by atoms with Crippen molar-refractivity contribution >= 4 is 30.9 Å². The van der Waals surface area contributed by atoms with Gasteiger partial charge in [0.25, 0.3) is 0 Å². The van der Waals surface area contributed by atoms with E-state index in [1.54, 1.807) is 0 Å². The van der Waals surface area contributed by atoms with Crippen molar-refractivity contribution < 1.29 is 18.1 Å². The van der Waals surface area contributed by atoms with Crippen molar-refractivity contribution in [3.05, 3.63) is 0 Å². The predicted molar refractivity (Wildman–Crippen MR) is 96.2 cm³/mol. The summed E-state index contributed by atoms with van der Waals surface area (Å²) in [4.78, 5) is 12.4. The lowest BCUT2D eigenvalue weighted by Crippen LogP contribution is -2.44. The van der Waals surface area contributed by atoms with Gasteiger partial charge in [-0.2, -0.15) is 0 Å². The van der Waals surface area contributed by atoms with Gasteiger partial charge < -0.3 is 13.3 Å². The van der Waals surface area contributed by atoms with E-state index >= 15 is 0 Å². The minimum absolute atomic E-state index is 0.00667. The zero-order valence-corrected chi connectivity index (χ0v) is 18.5. The Hall–Kier alpha value is 0.0406. The van der Waals surface area contributed by atoms with Gasteiger partial charge >= 0.3 is 5.97 Å². The molecule has 0 N–H and O–H groups in total. The Labute approximate surface area is 133 Å². The van der Waals surface area contributed by atoms with E-state index < -0.39 is 31.1 Å². The summed E-state index contributed by atoms with van der Waals surface area (Å²) in [6, 6.07) is 0. The van der Waals surface area contributed by atoms with Gasteiger partial charge in [0.15, 0.2) is 16.6 Å². The molecule has 0 aromatic rings. The summed E-state index contributed by atoms with van der Waals surface area (Å²) in [5.74, 6) is -0.220. The van der Waals surface area contributed by atoms with E-state index in [4.69, 9.17) is 13.3 Å². The first-order valence-corrected chi connectivity index (χ1v) is 17.9. The van der Waals surface area contributed by atoms with E-state index in [1.807, 2.05) is 26.6 Å². The standard InChI is InChI=1S/C14H34O4Si3/c1-12(16-19(2,3)4)11-13(17-20(5,6)7)14(15)18-21(8,9)10/h12-13H,11H2,1-10H3/t12?,13-/m0/s1. The van der Waals surface area contributed by atoms with Gasteiger partial charge in [-0.05, 0) is 65.8 Å². The average Bonchev–Trinajstić information content (AvgIpc) is 2.07. The highest BCUT2D eigenvalue weighted by Gasteiger charge is 2.33. The second kappa shape index (κ2) is 7.54. The van der Waals surface area contributed by atoms with Gasteiger partial charge in [0.1, 0.15) is 6.10 Å². The molecular weight excluding hydrogens is 316 g/mol. The lowest BCUT2D eigenvalue weighted by Gasteiger charge is -2.31. The maximum atomic E-state index is 12.4. The second-order valence-corrected chi connectivity index (χ2v) is 21.9. The van der Waals surface area contributed by atoms with Crippen molar-refractivity contribution in [2.24, 2.45) is 0 Å². The second-order valence-electron chi connectivity index (χ2n) is 8.53. The number of hydrogen-bond acceptors (Lipinski definition) is 4. The van der Waals surface area contributed by atoms with Crippen molar-refractivity contribution in [3.63, 3.8) is 0 Å². The summed E-state index contributed by atoms with van der Waals surface area (Å²) in [5.41, 5.74) is 0. The highest BCUT2D eigenvalue weighted by Crippen LogP contribution is 2.19. The summed E-state index contributed by atoms with van der Waals surface area (Å²) in [7, 11) is -5.33. The molecule has 0 rings (SSSR count). The molecule has 0 spiro atoms. The summed E-state index contributed by atoms with van der Waals surface area (Å²) < 4.78 is 17.7. The zero-order valence-electron chi connectivity index (χ0n) is 15.5. The van der Waals surface area contributed by atoms with Gasteiger partial charge in [0.05, 0.1) is 0 Å². The fraction of sp³-hybridized carbons (Fsp3) is 0.929. The Morgan fingerprint density at radius 3 is 1.57 bits per heavy atom. The largest absolute Gasteiger partial charge is 0.518 e. The molecule has 1 unspecified atom stereocenters. The van der Waals surface area contributed by atoms with Crippen LogP contribution in [0.3, 0.4) is 0 Å². The molecule has 0 amide bonds. The van der Waals surface area contributed by atoms with Crippen LogP contribution in [0, 0.1) is 0 Å². The molecule has 0 aliphatic rings. The molecule has 0 fully saturated rings. The van der Waals surface area contributed by atoms with Crippen LogP contribution < -0.4 is 0 Å². The smallest absolute Gasteiger partial charge is 0.320 e.